The van der Waals surface area contributed by atoms with Crippen LogP contribution in [0.3, 0.4) is 0 Å². The summed E-state index contributed by atoms with van der Waals surface area (Å²) >= 11 is 3.38. The van der Waals surface area contributed by atoms with Crippen LogP contribution < -0.4 is 25.4 Å². The second-order valence-corrected chi connectivity index (χ2v) is 11.1. The van der Waals surface area contributed by atoms with Crippen molar-refractivity contribution in [3.05, 3.63) is 112 Å². The summed E-state index contributed by atoms with van der Waals surface area (Å²) in [5.74, 6) is 1.68. The third kappa shape index (κ3) is 6.07. The minimum atomic E-state index is -0.410. The number of fused-ring (bicyclic) bond motifs is 2. The van der Waals surface area contributed by atoms with Crippen molar-refractivity contribution in [2.75, 3.05) is 30.2 Å². The fourth-order valence-electron chi connectivity index (χ4n) is 5.12. The van der Waals surface area contributed by atoms with E-state index in [1.54, 1.807) is 44.7 Å². The van der Waals surface area contributed by atoms with E-state index in [0.717, 1.165) is 26.4 Å². The third-order valence-corrected chi connectivity index (χ3v) is 7.92. The quantitative estimate of drug-likeness (QED) is 0.142. The number of carbonyl (C=O) groups is 1. The summed E-state index contributed by atoms with van der Waals surface area (Å²) in [5, 5.41) is 11.7. The molecular weight excluding hydrogens is 639 g/mol. The first-order valence-electron chi connectivity index (χ1n) is 14.0. The molecule has 0 bridgehead atoms. The number of pyridine rings is 1. The molecule has 0 saturated carbocycles. The van der Waals surface area contributed by atoms with Gasteiger partial charge in [-0.3, -0.25) is 4.79 Å². The lowest BCUT2D eigenvalue weighted by molar-refractivity contribution is 0.102. The van der Waals surface area contributed by atoms with Crippen LogP contribution in [0.5, 0.6) is 11.5 Å². The largest absolute Gasteiger partial charge is 0.497 e. The van der Waals surface area contributed by atoms with Gasteiger partial charge in [0.2, 0.25) is 0 Å². The zero-order valence-electron chi connectivity index (χ0n) is 24.6. The van der Waals surface area contributed by atoms with E-state index in [1.807, 2.05) is 49.4 Å². The number of nitrogens with one attached hydrogen (secondary N) is 3. The van der Waals surface area contributed by atoms with Crippen molar-refractivity contribution < 1.29 is 18.7 Å². The predicted molar refractivity (Wildman–Crippen MR) is 178 cm³/mol. The van der Waals surface area contributed by atoms with Crippen LogP contribution in [-0.4, -0.2) is 35.1 Å². The Kier molecular flexibility index (Phi) is 8.43. The summed E-state index contributed by atoms with van der Waals surface area (Å²) in [5.41, 5.74) is 3.55. The van der Waals surface area contributed by atoms with Crippen molar-refractivity contribution in [2.24, 2.45) is 0 Å². The van der Waals surface area contributed by atoms with E-state index in [2.05, 4.69) is 46.8 Å². The first-order valence-corrected chi connectivity index (χ1v) is 14.8. The topological polar surface area (TPSA) is 110 Å². The third-order valence-electron chi connectivity index (χ3n) is 7.42. The summed E-state index contributed by atoms with van der Waals surface area (Å²) in [6.07, 6.45) is 3.05. The van der Waals surface area contributed by atoms with E-state index in [1.165, 1.54) is 12.4 Å². The normalized spacial score (nSPS) is 11.0. The molecule has 3 N–H and O–H groups in total. The highest BCUT2D eigenvalue weighted by Gasteiger charge is 2.18. The summed E-state index contributed by atoms with van der Waals surface area (Å²) < 4.78 is 26.1. The van der Waals surface area contributed by atoms with Gasteiger partial charge in [0.25, 0.3) is 5.91 Å². The fraction of sp³-hybridized carbons (Fsp3) is 0.118. The maximum Gasteiger partial charge on any atom is 0.257 e. The summed E-state index contributed by atoms with van der Waals surface area (Å²) in [7, 11) is 3.21. The molecule has 45 heavy (non-hydrogen) atoms. The molecule has 2 aromatic heterocycles. The second kappa shape index (κ2) is 12.7. The van der Waals surface area contributed by atoms with Gasteiger partial charge in [-0.2, -0.15) is 0 Å². The molecule has 0 fully saturated rings. The van der Waals surface area contributed by atoms with E-state index >= 15 is 0 Å². The molecule has 0 aliphatic heterocycles. The number of nitrogens with zero attached hydrogens (tertiary/aromatic N) is 3. The van der Waals surface area contributed by atoms with Crippen molar-refractivity contribution in [3.63, 3.8) is 0 Å². The van der Waals surface area contributed by atoms with Crippen LogP contribution >= 0.6 is 15.9 Å². The number of benzene rings is 4. The Morgan fingerprint density at radius 3 is 2.58 bits per heavy atom. The van der Waals surface area contributed by atoms with E-state index in [4.69, 9.17) is 9.47 Å². The zero-order valence-corrected chi connectivity index (χ0v) is 26.2. The molecular formula is C34H28BrFN6O3. The maximum atomic E-state index is 14.5. The van der Waals surface area contributed by atoms with Crippen molar-refractivity contribution >= 4 is 66.5 Å². The molecule has 1 amide bonds. The lowest BCUT2D eigenvalue weighted by atomic mass is 10.0. The Morgan fingerprint density at radius 1 is 0.889 bits per heavy atom. The van der Waals surface area contributed by atoms with Crippen molar-refractivity contribution in [1.29, 1.82) is 0 Å². The van der Waals surface area contributed by atoms with Crippen molar-refractivity contribution in [3.8, 4) is 11.5 Å². The predicted octanol–water partition coefficient (Wildman–Crippen LogP) is 8.01. The molecule has 0 aliphatic rings. The number of rotatable bonds is 9. The van der Waals surface area contributed by atoms with Crippen LogP contribution in [0, 0.1) is 12.7 Å². The van der Waals surface area contributed by atoms with E-state index in [-0.39, 0.29) is 11.6 Å². The standard InChI is InChI=1S/C34H28BrFN6O3/c1-19-7-11-24-23(13-14-37-33(24)41-28-15-21(35)9-12-27(28)36)30(19)42-34(43)26-6-4-5-25-31(26)39-18-40-32(25)38-17-20-8-10-22(44-2)16-29(20)45-3/h4-16,18H,17H2,1-3H3,(H,37,41)(H,42,43)(H,38,39,40). The Hall–Kier alpha value is -5.29. The fourth-order valence-corrected chi connectivity index (χ4v) is 5.48. The number of carbonyl (C=O) groups excluding carboxylic acids is 1. The number of hydrogen-bond acceptors (Lipinski definition) is 8. The Labute approximate surface area is 267 Å². The highest BCUT2D eigenvalue weighted by molar-refractivity contribution is 9.10. The number of para-hydroxylation sites is 1. The van der Waals surface area contributed by atoms with Crippen LogP contribution in [0.1, 0.15) is 21.5 Å². The highest BCUT2D eigenvalue weighted by atomic mass is 79.9. The molecule has 0 radical (unpaired) electrons. The van der Waals surface area contributed by atoms with Crippen molar-refractivity contribution in [1.82, 2.24) is 15.0 Å². The summed E-state index contributed by atoms with van der Waals surface area (Å²) in [4.78, 5) is 27.2. The van der Waals surface area contributed by atoms with Gasteiger partial charge in [0.05, 0.1) is 36.7 Å². The average molecular weight is 668 g/mol. The number of aromatic nitrogens is 3. The number of anilines is 4. The van der Waals surface area contributed by atoms with Gasteiger partial charge in [-0.15, -0.1) is 0 Å². The molecule has 0 unspecified atom stereocenters. The van der Waals surface area contributed by atoms with Gasteiger partial charge in [0.15, 0.2) is 0 Å². The monoisotopic (exact) mass is 666 g/mol. The van der Waals surface area contributed by atoms with Gasteiger partial charge >= 0.3 is 0 Å². The van der Waals surface area contributed by atoms with Gasteiger partial charge in [-0.25, -0.2) is 19.3 Å². The second-order valence-electron chi connectivity index (χ2n) is 10.2. The molecule has 0 aliphatic carbocycles. The van der Waals surface area contributed by atoms with E-state index in [9.17, 15) is 9.18 Å². The number of hydrogen-bond donors (Lipinski definition) is 3. The Balaban J connectivity index is 1.30. The molecule has 6 aromatic rings. The molecule has 6 rings (SSSR count). The number of ether oxygens (including phenoxy) is 2. The number of amides is 1. The first-order chi connectivity index (χ1) is 21.9. The van der Waals surface area contributed by atoms with E-state index in [0.29, 0.717) is 51.8 Å². The van der Waals surface area contributed by atoms with Gasteiger partial charge in [-0.05, 0) is 61.0 Å². The van der Waals surface area contributed by atoms with Gasteiger partial charge in [0.1, 0.15) is 35.3 Å². The molecule has 226 valence electrons. The van der Waals surface area contributed by atoms with Crippen LogP contribution in [0.15, 0.2) is 89.8 Å². The first kappa shape index (κ1) is 29.8. The Bertz CT molecular complexity index is 2070. The van der Waals surface area contributed by atoms with Crippen LogP contribution in [0.4, 0.5) is 27.4 Å². The highest BCUT2D eigenvalue weighted by Crippen LogP contribution is 2.34. The smallest absolute Gasteiger partial charge is 0.257 e. The van der Waals surface area contributed by atoms with Crippen molar-refractivity contribution in [2.45, 2.75) is 13.5 Å². The van der Waals surface area contributed by atoms with Crippen LogP contribution in [-0.2, 0) is 6.54 Å². The lowest BCUT2D eigenvalue weighted by Gasteiger charge is -2.16. The summed E-state index contributed by atoms with van der Waals surface area (Å²) in [6, 6.07) is 21.3. The van der Waals surface area contributed by atoms with Gasteiger partial charge in [-0.1, -0.05) is 34.1 Å². The molecule has 0 atom stereocenters. The maximum absolute atomic E-state index is 14.5. The molecule has 0 spiro atoms. The summed E-state index contributed by atoms with van der Waals surface area (Å²) in [6.45, 7) is 2.34. The van der Waals surface area contributed by atoms with Crippen LogP contribution in [0.25, 0.3) is 21.7 Å². The van der Waals surface area contributed by atoms with Gasteiger partial charge in [0, 0.05) is 45.0 Å². The van der Waals surface area contributed by atoms with Gasteiger partial charge < -0.3 is 25.4 Å². The van der Waals surface area contributed by atoms with Crippen LogP contribution in [0.2, 0.25) is 0 Å². The average Bonchev–Trinajstić information content (AvgIpc) is 3.06. The lowest BCUT2D eigenvalue weighted by Crippen LogP contribution is -2.14. The van der Waals surface area contributed by atoms with E-state index < -0.39 is 5.82 Å². The minimum absolute atomic E-state index is 0.279. The number of aryl methyl sites for hydroxylation is 1. The Morgan fingerprint density at radius 2 is 1.76 bits per heavy atom. The molecule has 0 saturated heterocycles. The molecule has 9 nitrogen and oxygen atoms in total. The molecule has 2 heterocycles. The number of halogens is 2. The SMILES string of the molecule is COc1ccc(CNc2ncnc3c(C(=O)Nc4c(C)ccc5c(Nc6cc(Br)ccc6F)nccc45)cccc23)c(OC)c1. The zero-order chi connectivity index (χ0) is 31.5. The molecule has 4 aromatic carbocycles. The number of methoxy groups -OCH3 is 2. The minimum Gasteiger partial charge on any atom is -0.497 e. The molecule has 11 heteroatoms.